The molecule has 53 heavy (non-hydrogen) atoms. The van der Waals surface area contributed by atoms with Crippen LogP contribution in [0, 0.1) is 29.6 Å². The molecule has 15 heteroatoms. The number of aliphatic hydroxyl groups is 4. The molecule has 0 radical (unpaired) electrons. The van der Waals surface area contributed by atoms with Crippen LogP contribution in [-0.4, -0.2) is 154 Å². The summed E-state index contributed by atoms with van der Waals surface area (Å²) in [4.78, 5) is 16.2. The third-order valence-electron chi connectivity index (χ3n) is 12.1. The van der Waals surface area contributed by atoms with Gasteiger partial charge in [0.2, 0.25) is 0 Å². The van der Waals surface area contributed by atoms with E-state index < -0.39 is 102 Å². The largest absolute Gasteiger partial charge is 0.462 e. The van der Waals surface area contributed by atoms with E-state index in [0.717, 1.165) is 0 Å². The van der Waals surface area contributed by atoms with Crippen LogP contribution < -0.4 is 0 Å². The van der Waals surface area contributed by atoms with Crippen LogP contribution in [0.25, 0.3) is 0 Å². The van der Waals surface area contributed by atoms with Crippen LogP contribution in [-0.2, 0) is 33.2 Å². The monoisotopic (exact) mass is 778 g/mol. The summed E-state index contributed by atoms with van der Waals surface area (Å²) >= 11 is 1.60. The van der Waals surface area contributed by atoms with E-state index in [9.17, 15) is 30.4 Å². The van der Waals surface area contributed by atoms with E-state index in [4.69, 9.17) is 28.4 Å². The number of rotatable bonds is 9. The number of cyclic esters (lactones) is 1. The van der Waals surface area contributed by atoms with Gasteiger partial charge in [0.15, 0.2) is 12.6 Å². The zero-order valence-corrected chi connectivity index (χ0v) is 35.0. The van der Waals surface area contributed by atoms with Crippen molar-refractivity contribution in [3.8, 4) is 0 Å². The number of thioether (sulfide) groups is 1. The number of carbonyl (C=O) groups is 1. The van der Waals surface area contributed by atoms with E-state index in [-0.39, 0.29) is 30.7 Å². The summed E-state index contributed by atoms with van der Waals surface area (Å²) < 4.78 is 37.8. The van der Waals surface area contributed by atoms with Crippen LogP contribution in [0.5, 0.6) is 0 Å². The molecule has 0 aliphatic carbocycles. The molecule has 14 nitrogen and oxygen atoms in total. The van der Waals surface area contributed by atoms with Gasteiger partial charge in [0, 0.05) is 43.2 Å². The first-order valence-corrected chi connectivity index (χ1v) is 20.5. The van der Waals surface area contributed by atoms with E-state index >= 15 is 0 Å². The SMILES string of the molecule is CO[C@]1(C)C[C@H](O[C@H]2[C@H](C)[C@@H](O[C@H]3O[C@@H](C)C[C@@H](N(C)C)[C@@H]3O)[C@](C)(O)C[C@@H](C)/C(=N/O)[C@H](C)[C@@H](O)[C@@H](C)[C@@H](CCSC)OC(=O)[C@@H]2C)O[C@@H](C)[C@@H]1O. The smallest absolute Gasteiger partial charge is 0.311 e. The van der Waals surface area contributed by atoms with Crippen molar-refractivity contribution in [3.05, 3.63) is 0 Å². The molecule has 3 aliphatic heterocycles. The molecule has 0 bridgehead atoms. The Labute approximate surface area is 321 Å². The zero-order chi connectivity index (χ0) is 40.2. The molecular formula is C38H70N2O12S. The fourth-order valence-corrected chi connectivity index (χ4v) is 9.13. The van der Waals surface area contributed by atoms with Gasteiger partial charge in [-0.3, -0.25) is 4.79 Å². The summed E-state index contributed by atoms with van der Waals surface area (Å²) in [6.07, 6.45) is -5.75. The summed E-state index contributed by atoms with van der Waals surface area (Å²) in [5, 5.41) is 60.6. The number of oxime groups is 1. The highest BCUT2D eigenvalue weighted by Gasteiger charge is 2.52. The molecule has 0 saturated carbocycles. The van der Waals surface area contributed by atoms with Crippen molar-refractivity contribution in [1.29, 1.82) is 0 Å². The molecule has 0 amide bonds. The van der Waals surface area contributed by atoms with Gasteiger partial charge in [0.05, 0.1) is 53.4 Å². The van der Waals surface area contributed by atoms with Crippen LogP contribution in [0.15, 0.2) is 5.16 Å². The molecule has 3 aliphatic rings. The number of methoxy groups -OCH3 is 1. The van der Waals surface area contributed by atoms with E-state index in [2.05, 4.69) is 5.16 Å². The molecule has 3 saturated heterocycles. The minimum atomic E-state index is -1.70. The van der Waals surface area contributed by atoms with E-state index in [1.54, 1.807) is 46.4 Å². The first-order chi connectivity index (χ1) is 24.6. The number of likely N-dealkylation sites (N-methyl/N-ethyl adjacent to an activating group) is 1. The third kappa shape index (κ3) is 10.8. The fourth-order valence-electron chi connectivity index (χ4n) is 8.66. The van der Waals surface area contributed by atoms with Crippen molar-refractivity contribution in [2.45, 2.75) is 167 Å². The quantitative estimate of drug-likeness (QED) is 0.130. The number of aliphatic hydroxyl groups excluding tert-OH is 3. The molecule has 0 aromatic carbocycles. The van der Waals surface area contributed by atoms with Crippen molar-refractivity contribution in [2.75, 3.05) is 33.2 Å². The molecule has 3 heterocycles. The molecule has 5 N–H and O–H groups in total. The average molecular weight is 779 g/mol. The predicted octanol–water partition coefficient (Wildman–Crippen LogP) is 3.27. The minimum Gasteiger partial charge on any atom is -0.462 e. The maximum atomic E-state index is 14.3. The van der Waals surface area contributed by atoms with Crippen molar-refractivity contribution >= 4 is 23.4 Å². The van der Waals surface area contributed by atoms with Crippen LogP contribution in [0.3, 0.4) is 0 Å². The van der Waals surface area contributed by atoms with Gasteiger partial charge in [-0.15, -0.1) is 0 Å². The molecule has 3 rings (SSSR count). The van der Waals surface area contributed by atoms with Crippen molar-refractivity contribution in [3.63, 3.8) is 0 Å². The summed E-state index contributed by atoms with van der Waals surface area (Å²) in [7, 11) is 5.25. The molecule has 3 fully saturated rings. The van der Waals surface area contributed by atoms with Gasteiger partial charge >= 0.3 is 5.97 Å². The Morgan fingerprint density at radius 3 is 2.15 bits per heavy atom. The van der Waals surface area contributed by atoms with Gasteiger partial charge in [-0.1, -0.05) is 32.9 Å². The number of esters is 1. The Morgan fingerprint density at radius 1 is 0.943 bits per heavy atom. The van der Waals surface area contributed by atoms with Crippen LogP contribution >= 0.6 is 11.8 Å². The maximum Gasteiger partial charge on any atom is 0.311 e. The number of hydrogen-bond donors (Lipinski definition) is 5. The van der Waals surface area contributed by atoms with Crippen LogP contribution in [0.2, 0.25) is 0 Å². The maximum absolute atomic E-state index is 14.3. The van der Waals surface area contributed by atoms with Gasteiger partial charge in [-0.2, -0.15) is 11.8 Å². The second-order valence-corrected chi connectivity index (χ2v) is 17.7. The number of nitrogens with zero attached hydrogens (tertiary/aromatic N) is 2. The Kier molecular flexibility index (Phi) is 16.9. The van der Waals surface area contributed by atoms with Gasteiger partial charge in [0.25, 0.3) is 0 Å². The van der Waals surface area contributed by atoms with Crippen molar-refractivity contribution in [1.82, 2.24) is 4.90 Å². The van der Waals surface area contributed by atoms with E-state index in [1.807, 2.05) is 52.9 Å². The van der Waals surface area contributed by atoms with Gasteiger partial charge < -0.3 is 59.0 Å². The van der Waals surface area contributed by atoms with E-state index in [1.165, 1.54) is 7.11 Å². The summed E-state index contributed by atoms with van der Waals surface area (Å²) in [6.45, 7) is 15.9. The molecule has 310 valence electrons. The average Bonchev–Trinajstić information content (AvgIpc) is 3.09. The number of hydrogen-bond acceptors (Lipinski definition) is 15. The van der Waals surface area contributed by atoms with Crippen LogP contribution in [0.1, 0.15) is 88.0 Å². The first kappa shape index (κ1) is 46.3. The fraction of sp³-hybridized carbons (Fsp3) is 0.947. The third-order valence-corrected chi connectivity index (χ3v) is 12.8. The summed E-state index contributed by atoms with van der Waals surface area (Å²) in [6, 6.07) is -0.298. The summed E-state index contributed by atoms with van der Waals surface area (Å²) in [5.41, 5.74) is -2.44. The van der Waals surface area contributed by atoms with Gasteiger partial charge in [-0.25, -0.2) is 0 Å². The molecule has 0 aromatic heterocycles. The second-order valence-electron chi connectivity index (χ2n) is 16.7. The van der Waals surface area contributed by atoms with E-state index in [0.29, 0.717) is 18.6 Å². The highest BCUT2D eigenvalue weighted by molar-refractivity contribution is 7.98. The highest BCUT2D eigenvalue weighted by atomic mass is 32.2. The van der Waals surface area contributed by atoms with Crippen molar-refractivity contribution in [2.24, 2.45) is 34.7 Å². The molecule has 0 spiro atoms. The lowest BCUT2D eigenvalue weighted by Crippen LogP contribution is -2.60. The molecule has 0 unspecified atom stereocenters. The Hall–Kier alpha value is -1.11. The van der Waals surface area contributed by atoms with Gasteiger partial charge in [-0.05, 0) is 80.0 Å². The molecule has 0 aromatic rings. The second kappa shape index (κ2) is 19.4. The minimum absolute atomic E-state index is 0.0225. The molecular weight excluding hydrogens is 708 g/mol. The Balaban J connectivity index is 2.20. The topological polar surface area (TPSA) is 189 Å². The predicted molar refractivity (Wildman–Crippen MR) is 202 cm³/mol. The van der Waals surface area contributed by atoms with Crippen LogP contribution in [0.4, 0.5) is 0 Å². The first-order valence-electron chi connectivity index (χ1n) is 19.1. The lowest BCUT2D eigenvalue weighted by molar-refractivity contribution is -0.317. The lowest BCUT2D eigenvalue weighted by Gasteiger charge is -2.49. The van der Waals surface area contributed by atoms with Crippen molar-refractivity contribution < 1.29 is 58.8 Å². The highest BCUT2D eigenvalue weighted by Crippen LogP contribution is 2.40. The normalized spacial score (nSPS) is 47.7. The zero-order valence-electron chi connectivity index (χ0n) is 34.2. The molecule has 18 atom stereocenters. The summed E-state index contributed by atoms with van der Waals surface area (Å²) in [5.74, 6) is -3.34. The lowest BCUT2D eigenvalue weighted by atomic mass is 9.74. The standard InChI is InChI=1S/C38H70N2O12S/c1-19-17-37(8,45)34(52-36-31(42)26(40(10)11)16-20(2)48-36)23(5)32(51-28-18-38(9,47-12)33(43)25(7)49-28)24(6)35(44)50-27(14-15-53-13)21(3)30(41)22(4)29(19)39-46/h19-28,30-34,36,41-43,45-46H,14-18H2,1-13H3/b39-29-/t19-,20+,21+,22+,23+,24-,25+,26-,27-,28+,30+,31+,32+,33+,34-,36-,37-,38-/m1/s1. The van der Waals surface area contributed by atoms with Gasteiger partial charge in [0.1, 0.15) is 18.3 Å². The number of ether oxygens (including phenoxy) is 6. The Morgan fingerprint density at radius 2 is 1.58 bits per heavy atom. The number of carbonyl (C=O) groups excluding carboxylic acids is 1. The Bertz CT molecular complexity index is 1200.